The first-order chi connectivity index (χ1) is 11.6. The molecule has 0 aliphatic carbocycles. The summed E-state index contributed by atoms with van der Waals surface area (Å²) < 4.78 is 13.7. The van der Waals surface area contributed by atoms with Gasteiger partial charge in [0.1, 0.15) is 18.1 Å². The Morgan fingerprint density at radius 3 is 2.92 bits per heavy atom. The van der Waals surface area contributed by atoms with Gasteiger partial charge in [0.05, 0.1) is 10.7 Å². The molecule has 3 rings (SSSR count). The predicted octanol–water partition coefficient (Wildman–Crippen LogP) is 3.28. The van der Waals surface area contributed by atoms with Crippen molar-refractivity contribution >= 4 is 21.8 Å². The predicted molar refractivity (Wildman–Crippen MR) is 91.6 cm³/mol. The van der Waals surface area contributed by atoms with Crippen LogP contribution in [0.3, 0.4) is 0 Å². The fourth-order valence-electron chi connectivity index (χ4n) is 2.12. The molecule has 0 atom stereocenters. The van der Waals surface area contributed by atoms with Gasteiger partial charge in [-0.15, -0.1) is 0 Å². The lowest BCUT2D eigenvalue weighted by molar-refractivity contribution is 0.0919. The number of nitrogens with one attached hydrogen (secondary N) is 1. The third kappa shape index (κ3) is 4.05. The molecule has 0 fully saturated rings. The normalized spacial score (nSPS) is 10.6. The zero-order valence-corrected chi connectivity index (χ0v) is 14.6. The van der Waals surface area contributed by atoms with Crippen LogP contribution in [0.4, 0.5) is 0 Å². The van der Waals surface area contributed by atoms with E-state index in [1.165, 1.54) is 0 Å². The van der Waals surface area contributed by atoms with Gasteiger partial charge in [0.2, 0.25) is 0 Å². The van der Waals surface area contributed by atoms with Crippen LogP contribution in [0.5, 0.6) is 5.75 Å². The second kappa shape index (κ2) is 7.35. The number of furan rings is 1. The summed E-state index contributed by atoms with van der Waals surface area (Å²) in [5.41, 5.74) is 0.926. The highest BCUT2D eigenvalue weighted by atomic mass is 79.9. The van der Waals surface area contributed by atoms with E-state index in [9.17, 15) is 4.79 Å². The topological polar surface area (TPSA) is 69.3 Å². The van der Waals surface area contributed by atoms with Gasteiger partial charge < -0.3 is 14.5 Å². The maximum Gasteiger partial charge on any atom is 0.287 e. The smallest absolute Gasteiger partial charge is 0.287 e. The molecule has 0 aliphatic rings. The maximum atomic E-state index is 12.1. The molecule has 1 aromatic carbocycles. The molecule has 0 saturated heterocycles. The van der Waals surface area contributed by atoms with E-state index in [1.807, 2.05) is 37.5 Å². The minimum absolute atomic E-state index is 0.249. The Morgan fingerprint density at radius 1 is 1.33 bits per heavy atom. The number of rotatable bonds is 6. The zero-order valence-electron chi connectivity index (χ0n) is 13.0. The molecule has 0 bridgehead atoms. The van der Waals surface area contributed by atoms with Crippen molar-refractivity contribution in [1.82, 2.24) is 15.1 Å². The van der Waals surface area contributed by atoms with Gasteiger partial charge in [-0.2, -0.15) is 5.10 Å². The number of aromatic nitrogens is 2. The monoisotopic (exact) mass is 389 g/mol. The van der Waals surface area contributed by atoms with Crippen LogP contribution in [0.25, 0.3) is 0 Å². The summed E-state index contributed by atoms with van der Waals surface area (Å²) in [6, 6.07) is 10.9. The first kappa shape index (κ1) is 16.3. The molecule has 0 spiro atoms. The molecule has 0 saturated carbocycles. The van der Waals surface area contributed by atoms with E-state index < -0.39 is 0 Å². The van der Waals surface area contributed by atoms with Gasteiger partial charge in [0.25, 0.3) is 5.91 Å². The van der Waals surface area contributed by atoms with Gasteiger partial charge in [-0.25, -0.2) is 0 Å². The number of hydrogen-bond acceptors (Lipinski definition) is 4. The number of nitrogens with zero attached hydrogens (tertiary/aromatic N) is 2. The minimum Gasteiger partial charge on any atom is -0.484 e. The molecule has 2 heterocycles. The molecule has 24 heavy (non-hydrogen) atoms. The number of hydrogen-bond donors (Lipinski definition) is 1. The zero-order chi connectivity index (χ0) is 16.9. The molecule has 1 amide bonds. The van der Waals surface area contributed by atoms with Crippen molar-refractivity contribution in [2.24, 2.45) is 7.05 Å². The Bertz CT molecular complexity index is 841. The lowest BCUT2D eigenvalue weighted by atomic mass is 10.3. The van der Waals surface area contributed by atoms with Crippen molar-refractivity contribution in [3.05, 3.63) is 70.3 Å². The van der Waals surface area contributed by atoms with Crippen molar-refractivity contribution in [1.29, 1.82) is 0 Å². The Kier molecular flexibility index (Phi) is 5.00. The molecule has 2 aromatic heterocycles. The van der Waals surface area contributed by atoms with Crippen LogP contribution in [0, 0.1) is 0 Å². The standard InChI is InChI=1S/C17H16BrN3O3/c1-21-10-12(9-20-21)8-19-17(22)16-7-6-13(24-16)11-23-15-5-3-2-4-14(15)18/h2-7,9-10H,8,11H2,1H3,(H,19,22). The number of amides is 1. The number of benzene rings is 1. The number of aryl methyl sites for hydroxylation is 1. The number of ether oxygens (including phenoxy) is 1. The summed E-state index contributed by atoms with van der Waals surface area (Å²) in [5, 5.41) is 6.84. The van der Waals surface area contributed by atoms with E-state index in [1.54, 1.807) is 23.0 Å². The quantitative estimate of drug-likeness (QED) is 0.702. The second-order valence-electron chi connectivity index (χ2n) is 5.19. The fraction of sp³-hybridized carbons (Fsp3) is 0.176. The minimum atomic E-state index is -0.272. The van der Waals surface area contributed by atoms with Gasteiger partial charge in [-0.3, -0.25) is 9.48 Å². The van der Waals surface area contributed by atoms with Gasteiger partial charge >= 0.3 is 0 Å². The highest BCUT2D eigenvalue weighted by molar-refractivity contribution is 9.10. The molecule has 1 N–H and O–H groups in total. The van der Waals surface area contributed by atoms with E-state index >= 15 is 0 Å². The molecule has 0 radical (unpaired) electrons. The third-order valence-electron chi connectivity index (χ3n) is 3.30. The van der Waals surface area contributed by atoms with Crippen LogP contribution < -0.4 is 10.1 Å². The van der Waals surface area contributed by atoms with Crippen LogP contribution in [0.2, 0.25) is 0 Å². The molecule has 7 heteroatoms. The van der Waals surface area contributed by atoms with E-state index in [2.05, 4.69) is 26.3 Å². The van der Waals surface area contributed by atoms with Gasteiger partial charge in [-0.05, 0) is 40.2 Å². The van der Waals surface area contributed by atoms with Crippen LogP contribution in [0.1, 0.15) is 21.9 Å². The van der Waals surface area contributed by atoms with Crippen LogP contribution in [-0.2, 0) is 20.2 Å². The third-order valence-corrected chi connectivity index (χ3v) is 3.96. The highest BCUT2D eigenvalue weighted by Gasteiger charge is 2.12. The van der Waals surface area contributed by atoms with Gasteiger partial charge in [0, 0.05) is 25.4 Å². The van der Waals surface area contributed by atoms with E-state index in [4.69, 9.17) is 9.15 Å². The fourth-order valence-corrected chi connectivity index (χ4v) is 2.52. The summed E-state index contributed by atoms with van der Waals surface area (Å²) >= 11 is 3.42. The average Bonchev–Trinajstić information content (AvgIpc) is 3.21. The van der Waals surface area contributed by atoms with Crippen molar-refractivity contribution in [3.63, 3.8) is 0 Å². The summed E-state index contributed by atoms with van der Waals surface area (Å²) in [6.07, 6.45) is 3.55. The first-order valence-corrected chi connectivity index (χ1v) is 8.13. The number of carbonyl (C=O) groups excluding carboxylic acids is 1. The highest BCUT2D eigenvalue weighted by Crippen LogP contribution is 2.24. The average molecular weight is 390 g/mol. The van der Waals surface area contributed by atoms with Crippen molar-refractivity contribution in [2.45, 2.75) is 13.2 Å². The maximum absolute atomic E-state index is 12.1. The summed E-state index contributed by atoms with van der Waals surface area (Å²) in [5.74, 6) is 1.28. The van der Waals surface area contributed by atoms with E-state index in [-0.39, 0.29) is 18.3 Å². The molecule has 3 aromatic rings. The second-order valence-corrected chi connectivity index (χ2v) is 6.04. The molecular formula is C17H16BrN3O3. The Hall–Kier alpha value is -2.54. The summed E-state index contributed by atoms with van der Waals surface area (Å²) in [4.78, 5) is 12.1. The van der Waals surface area contributed by atoms with Gasteiger partial charge in [-0.1, -0.05) is 12.1 Å². The largest absolute Gasteiger partial charge is 0.484 e. The number of halogens is 1. The Labute approximate surface area is 147 Å². The molecule has 0 aliphatic heterocycles. The lowest BCUT2D eigenvalue weighted by Crippen LogP contribution is -2.22. The molecule has 0 unspecified atom stereocenters. The summed E-state index contributed by atoms with van der Waals surface area (Å²) in [6.45, 7) is 0.647. The first-order valence-electron chi connectivity index (χ1n) is 7.33. The van der Waals surface area contributed by atoms with Crippen molar-refractivity contribution in [2.75, 3.05) is 0 Å². The number of carbonyl (C=O) groups is 1. The Balaban J connectivity index is 1.54. The van der Waals surface area contributed by atoms with E-state index in [0.29, 0.717) is 12.3 Å². The molecule has 124 valence electrons. The SMILES string of the molecule is Cn1cc(CNC(=O)c2ccc(COc3ccccc3Br)o2)cn1. The lowest BCUT2D eigenvalue weighted by Gasteiger charge is -2.06. The van der Waals surface area contributed by atoms with Crippen LogP contribution >= 0.6 is 15.9 Å². The van der Waals surface area contributed by atoms with Crippen molar-refractivity contribution in [3.8, 4) is 5.75 Å². The molecular weight excluding hydrogens is 374 g/mol. The molecule has 6 nitrogen and oxygen atoms in total. The Morgan fingerprint density at radius 2 is 2.17 bits per heavy atom. The van der Waals surface area contributed by atoms with Crippen LogP contribution in [-0.4, -0.2) is 15.7 Å². The van der Waals surface area contributed by atoms with E-state index in [0.717, 1.165) is 15.8 Å². The number of para-hydroxylation sites is 1. The van der Waals surface area contributed by atoms with Gasteiger partial charge in [0.15, 0.2) is 5.76 Å². The van der Waals surface area contributed by atoms with Crippen LogP contribution in [0.15, 0.2) is 57.7 Å². The summed E-state index contributed by atoms with van der Waals surface area (Å²) in [7, 11) is 1.83. The van der Waals surface area contributed by atoms with Crippen molar-refractivity contribution < 1.29 is 13.9 Å².